The molecule has 128 valence electrons. The third kappa shape index (κ3) is 5.77. The van der Waals surface area contributed by atoms with Gasteiger partial charge in [-0.1, -0.05) is 41.9 Å². The van der Waals surface area contributed by atoms with Crippen molar-refractivity contribution in [3.63, 3.8) is 0 Å². The van der Waals surface area contributed by atoms with Crippen LogP contribution >= 0.6 is 11.6 Å². The van der Waals surface area contributed by atoms with Gasteiger partial charge in [-0.15, -0.1) is 5.10 Å². The van der Waals surface area contributed by atoms with Crippen LogP contribution in [0.15, 0.2) is 42.5 Å². The van der Waals surface area contributed by atoms with Crippen molar-refractivity contribution in [3.05, 3.63) is 58.9 Å². The van der Waals surface area contributed by atoms with Gasteiger partial charge in [0.25, 0.3) is 0 Å². The van der Waals surface area contributed by atoms with Gasteiger partial charge in [0.05, 0.1) is 11.8 Å². The summed E-state index contributed by atoms with van der Waals surface area (Å²) < 4.78 is 5.04. The molecule has 3 N–H and O–H groups in total. The Labute approximate surface area is 144 Å². The van der Waals surface area contributed by atoms with E-state index in [4.69, 9.17) is 16.3 Å². The Morgan fingerprint density at radius 2 is 1.92 bits per heavy atom. The first-order valence-electron chi connectivity index (χ1n) is 7.36. The van der Waals surface area contributed by atoms with Gasteiger partial charge in [-0.3, -0.25) is 0 Å². The number of aromatic nitrogens is 2. The van der Waals surface area contributed by atoms with Crippen molar-refractivity contribution in [2.75, 3.05) is 6.54 Å². The number of carbonyl (C=O) groups excluding carboxylic acids is 1. The normalized spacial score (nSPS) is 13.1. The molecule has 1 aromatic heterocycles. The number of hydrogen-bond acceptors (Lipinski definition) is 6. The van der Waals surface area contributed by atoms with Crippen LogP contribution in [-0.4, -0.2) is 39.2 Å². The molecule has 1 amide bonds. The first-order chi connectivity index (χ1) is 11.6. The predicted octanol–water partition coefficient (Wildman–Crippen LogP) is 1.84. The average Bonchev–Trinajstić information content (AvgIpc) is 2.61. The molecule has 0 fully saturated rings. The third-order valence-electron chi connectivity index (χ3n) is 3.24. The summed E-state index contributed by atoms with van der Waals surface area (Å²) in [6.45, 7) is 0.311. The van der Waals surface area contributed by atoms with Gasteiger partial charge in [0.2, 0.25) is 0 Å². The highest BCUT2D eigenvalue weighted by atomic mass is 35.5. The summed E-state index contributed by atoms with van der Waals surface area (Å²) in [5, 5.41) is 29.9. The average molecular weight is 352 g/mol. The van der Waals surface area contributed by atoms with Crippen LogP contribution < -0.4 is 5.32 Å². The summed E-state index contributed by atoms with van der Waals surface area (Å²) in [5.41, 5.74) is 1.09. The van der Waals surface area contributed by atoms with Crippen LogP contribution in [-0.2, 0) is 11.3 Å². The summed E-state index contributed by atoms with van der Waals surface area (Å²) in [4.78, 5) is 11.6. The lowest BCUT2D eigenvalue weighted by atomic mass is 10.1. The Balaban J connectivity index is 1.68. The van der Waals surface area contributed by atoms with E-state index in [0.29, 0.717) is 0 Å². The molecule has 24 heavy (non-hydrogen) atoms. The molecule has 1 heterocycles. The molecular formula is C16H18ClN3O4. The molecule has 0 saturated heterocycles. The lowest BCUT2D eigenvalue weighted by Crippen LogP contribution is -2.30. The van der Waals surface area contributed by atoms with Gasteiger partial charge in [-0.25, -0.2) is 4.79 Å². The summed E-state index contributed by atoms with van der Waals surface area (Å²) in [7, 11) is 0. The molecule has 2 atom stereocenters. The van der Waals surface area contributed by atoms with Gasteiger partial charge in [0.15, 0.2) is 5.15 Å². The van der Waals surface area contributed by atoms with E-state index in [9.17, 15) is 15.0 Å². The van der Waals surface area contributed by atoms with E-state index in [1.807, 2.05) is 30.3 Å². The number of carbonyl (C=O) groups is 1. The number of nitrogens with one attached hydrogen (secondary N) is 1. The Kier molecular flexibility index (Phi) is 6.92. The van der Waals surface area contributed by atoms with E-state index in [2.05, 4.69) is 15.5 Å². The second-order valence-electron chi connectivity index (χ2n) is 5.07. The highest BCUT2D eigenvalue weighted by Gasteiger charge is 2.20. The number of alkyl carbamates (subject to hydrolysis) is 1. The predicted molar refractivity (Wildman–Crippen MR) is 87.3 cm³/mol. The van der Waals surface area contributed by atoms with Crippen LogP contribution in [0.1, 0.15) is 23.8 Å². The van der Waals surface area contributed by atoms with E-state index in [-0.39, 0.29) is 30.4 Å². The number of ether oxygens (including phenoxy) is 1. The van der Waals surface area contributed by atoms with E-state index in [1.54, 1.807) is 0 Å². The molecule has 0 bridgehead atoms. The number of hydrogen-bond donors (Lipinski definition) is 3. The summed E-state index contributed by atoms with van der Waals surface area (Å²) in [6.07, 6.45) is -2.77. The Hall–Kier alpha value is -2.22. The Morgan fingerprint density at radius 1 is 1.17 bits per heavy atom. The van der Waals surface area contributed by atoms with Gasteiger partial charge in [-0.2, -0.15) is 5.10 Å². The second kappa shape index (κ2) is 9.17. The van der Waals surface area contributed by atoms with Crippen molar-refractivity contribution in [1.29, 1.82) is 0 Å². The molecule has 2 rings (SSSR count). The Morgan fingerprint density at radius 3 is 2.58 bits per heavy atom. The van der Waals surface area contributed by atoms with Gasteiger partial charge in [0.1, 0.15) is 12.7 Å². The zero-order chi connectivity index (χ0) is 17.4. The summed E-state index contributed by atoms with van der Waals surface area (Å²) >= 11 is 5.61. The van der Waals surface area contributed by atoms with Crippen LogP contribution in [0.25, 0.3) is 0 Å². The molecule has 0 aliphatic heterocycles. The van der Waals surface area contributed by atoms with Gasteiger partial charge < -0.3 is 20.3 Å². The molecule has 0 saturated carbocycles. The number of aliphatic hydroxyl groups is 2. The molecule has 8 heteroatoms. The summed E-state index contributed by atoms with van der Waals surface area (Å²) in [5.74, 6) is 0. The van der Waals surface area contributed by atoms with Crippen molar-refractivity contribution < 1.29 is 19.7 Å². The topological polar surface area (TPSA) is 105 Å². The monoisotopic (exact) mass is 351 g/mol. The fraction of sp³-hybridized carbons (Fsp3) is 0.312. The largest absolute Gasteiger partial charge is 0.445 e. The minimum Gasteiger partial charge on any atom is -0.445 e. The van der Waals surface area contributed by atoms with Crippen molar-refractivity contribution in [3.8, 4) is 0 Å². The first-order valence-corrected chi connectivity index (χ1v) is 7.74. The van der Waals surface area contributed by atoms with Crippen LogP contribution in [0.3, 0.4) is 0 Å². The number of benzene rings is 1. The molecule has 1 aromatic carbocycles. The quantitative estimate of drug-likeness (QED) is 0.703. The smallest absolute Gasteiger partial charge is 0.407 e. The van der Waals surface area contributed by atoms with E-state index in [1.165, 1.54) is 12.1 Å². The lowest BCUT2D eigenvalue weighted by Gasteiger charge is -2.17. The van der Waals surface area contributed by atoms with Crippen molar-refractivity contribution in [1.82, 2.24) is 15.5 Å². The SMILES string of the molecule is O=C(NCCC(O)C(O)c1ccc(Cl)nn1)OCc1ccccc1. The van der Waals surface area contributed by atoms with E-state index >= 15 is 0 Å². The summed E-state index contributed by atoms with van der Waals surface area (Å²) in [6, 6.07) is 12.2. The fourth-order valence-electron chi connectivity index (χ4n) is 1.94. The van der Waals surface area contributed by atoms with E-state index in [0.717, 1.165) is 5.56 Å². The molecule has 2 aromatic rings. The number of aliphatic hydroxyl groups excluding tert-OH is 2. The van der Waals surface area contributed by atoms with Crippen molar-refractivity contribution in [2.45, 2.75) is 25.2 Å². The lowest BCUT2D eigenvalue weighted by molar-refractivity contribution is 0.0106. The molecule has 0 aliphatic rings. The third-order valence-corrected chi connectivity index (χ3v) is 3.44. The van der Waals surface area contributed by atoms with Crippen LogP contribution in [0, 0.1) is 0 Å². The number of amides is 1. The van der Waals surface area contributed by atoms with Crippen LogP contribution in [0.2, 0.25) is 5.15 Å². The maximum absolute atomic E-state index is 11.6. The van der Waals surface area contributed by atoms with Crippen LogP contribution in [0.4, 0.5) is 4.79 Å². The minimum absolute atomic E-state index is 0.131. The van der Waals surface area contributed by atoms with E-state index < -0.39 is 18.3 Å². The van der Waals surface area contributed by atoms with Gasteiger partial charge in [0, 0.05) is 6.54 Å². The molecule has 0 spiro atoms. The number of nitrogens with zero attached hydrogens (tertiary/aromatic N) is 2. The molecule has 2 unspecified atom stereocenters. The molecule has 7 nitrogen and oxygen atoms in total. The Bertz CT molecular complexity index is 640. The first kappa shape index (κ1) is 18.1. The van der Waals surface area contributed by atoms with Crippen molar-refractivity contribution in [2.24, 2.45) is 0 Å². The highest BCUT2D eigenvalue weighted by molar-refractivity contribution is 6.29. The fourth-order valence-corrected chi connectivity index (χ4v) is 2.04. The molecule has 0 radical (unpaired) electrons. The standard InChI is InChI=1S/C16H18ClN3O4/c17-14-7-6-12(19-20-14)15(22)13(21)8-9-18-16(23)24-10-11-4-2-1-3-5-11/h1-7,13,15,21-22H,8-10H2,(H,18,23). The molecule has 0 aliphatic carbocycles. The van der Waals surface area contributed by atoms with Gasteiger partial charge >= 0.3 is 6.09 Å². The number of rotatable bonds is 7. The highest BCUT2D eigenvalue weighted by Crippen LogP contribution is 2.16. The zero-order valence-electron chi connectivity index (χ0n) is 12.8. The second-order valence-corrected chi connectivity index (χ2v) is 5.46. The minimum atomic E-state index is -1.21. The van der Waals surface area contributed by atoms with Gasteiger partial charge in [-0.05, 0) is 24.1 Å². The zero-order valence-corrected chi connectivity index (χ0v) is 13.6. The molecular weight excluding hydrogens is 334 g/mol. The maximum Gasteiger partial charge on any atom is 0.407 e. The number of halogens is 1. The maximum atomic E-state index is 11.6. The van der Waals surface area contributed by atoms with Crippen molar-refractivity contribution >= 4 is 17.7 Å². The van der Waals surface area contributed by atoms with Crippen LogP contribution in [0.5, 0.6) is 0 Å².